The molecule has 0 saturated carbocycles. The van der Waals surface area contributed by atoms with Gasteiger partial charge in [-0.1, -0.05) is 15.9 Å². The second-order valence-electron chi connectivity index (χ2n) is 3.43. The topological polar surface area (TPSA) is 47.9 Å². The highest BCUT2D eigenvalue weighted by atomic mass is 79.9. The maximum absolute atomic E-state index is 8.99. The summed E-state index contributed by atoms with van der Waals surface area (Å²) in [4.78, 5) is 0. The number of benzene rings is 1. The van der Waals surface area contributed by atoms with Gasteiger partial charge in [-0.2, -0.15) is 5.26 Å². The highest BCUT2D eigenvalue weighted by Crippen LogP contribution is 2.20. The van der Waals surface area contributed by atoms with E-state index in [1.165, 1.54) is 0 Å². The summed E-state index contributed by atoms with van der Waals surface area (Å²) in [6, 6.07) is 10.1. The van der Waals surface area contributed by atoms with Gasteiger partial charge >= 0.3 is 0 Å². The summed E-state index contributed by atoms with van der Waals surface area (Å²) in [6.45, 7) is 1.42. The number of rotatable bonds is 2. The van der Waals surface area contributed by atoms with Crippen LogP contribution in [0.1, 0.15) is 0 Å². The third-order valence-electron chi connectivity index (χ3n) is 2.30. The Balaban J connectivity index is 2.11. The standard InChI is InChI=1S/C10H10BrN3/c11-8-1-3-9(4-2-8)14-10(5-12)6-13-7-10/h1-4,13-14H,6-7H2. The quantitative estimate of drug-likeness (QED) is 0.842. The van der Waals surface area contributed by atoms with Gasteiger partial charge in [0.2, 0.25) is 0 Å². The van der Waals surface area contributed by atoms with E-state index in [-0.39, 0.29) is 0 Å². The van der Waals surface area contributed by atoms with E-state index in [0.717, 1.165) is 10.2 Å². The molecular weight excluding hydrogens is 242 g/mol. The molecule has 0 atom stereocenters. The molecule has 14 heavy (non-hydrogen) atoms. The number of anilines is 1. The third-order valence-corrected chi connectivity index (χ3v) is 2.82. The Morgan fingerprint density at radius 1 is 1.36 bits per heavy atom. The highest BCUT2D eigenvalue weighted by Gasteiger charge is 2.36. The van der Waals surface area contributed by atoms with Crippen LogP contribution in [0.25, 0.3) is 0 Å². The summed E-state index contributed by atoms with van der Waals surface area (Å²) in [5.74, 6) is 0. The van der Waals surface area contributed by atoms with Crippen molar-refractivity contribution in [3.63, 3.8) is 0 Å². The normalized spacial score (nSPS) is 18.0. The van der Waals surface area contributed by atoms with Gasteiger partial charge in [0.25, 0.3) is 0 Å². The molecule has 0 aliphatic carbocycles. The van der Waals surface area contributed by atoms with Gasteiger partial charge in [0, 0.05) is 23.2 Å². The van der Waals surface area contributed by atoms with Crippen molar-refractivity contribution in [2.75, 3.05) is 18.4 Å². The first-order chi connectivity index (χ1) is 6.74. The van der Waals surface area contributed by atoms with Crippen molar-refractivity contribution in [2.24, 2.45) is 0 Å². The minimum Gasteiger partial charge on any atom is -0.365 e. The lowest BCUT2D eigenvalue weighted by Gasteiger charge is -2.37. The summed E-state index contributed by atoms with van der Waals surface area (Å²) < 4.78 is 1.04. The summed E-state index contributed by atoms with van der Waals surface area (Å²) in [6.07, 6.45) is 0. The number of hydrogen-bond donors (Lipinski definition) is 2. The van der Waals surface area contributed by atoms with Crippen molar-refractivity contribution in [1.82, 2.24) is 5.32 Å². The van der Waals surface area contributed by atoms with Crippen LogP contribution in [0.15, 0.2) is 28.7 Å². The van der Waals surface area contributed by atoms with Gasteiger partial charge in [-0.05, 0) is 24.3 Å². The minimum atomic E-state index is -0.409. The fraction of sp³-hybridized carbons (Fsp3) is 0.300. The van der Waals surface area contributed by atoms with Crippen molar-refractivity contribution in [3.05, 3.63) is 28.7 Å². The summed E-state index contributed by atoms with van der Waals surface area (Å²) in [5, 5.41) is 15.3. The van der Waals surface area contributed by atoms with Crippen LogP contribution in [-0.4, -0.2) is 18.6 Å². The lowest BCUT2D eigenvalue weighted by molar-refractivity contribution is 0.387. The van der Waals surface area contributed by atoms with Crippen molar-refractivity contribution in [2.45, 2.75) is 5.54 Å². The predicted octanol–water partition coefficient (Wildman–Crippen LogP) is 1.73. The first-order valence-electron chi connectivity index (χ1n) is 4.40. The molecule has 1 aromatic carbocycles. The molecule has 1 aromatic rings. The summed E-state index contributed by atoms with van der Waals surface area (Å²) >= 11 is 3.37. The maximum Gasteiger partial charge on any atom is 0.150 e. The molecule has 0 radical (unpaired) electrons. The van der Waals surface area contributed by atoms with E-state index in [1.807, 2.05) is 24.3 Å². The van der Waals surface area contributed by atoms with Gasteiger partial charge in [-0.15, -0.1) is 0 Å². The molecule has 0 aromatic heterocycles. The SMILES string of the molecule is N#CC1(Nc2ccc(Br)cc2)CNC1. The smallest absolute Gasteiger partial charge is 0.150 e. The Morgan fingerprint density at radius 3 is 2.43 bits per heavy atom. The molecule has 1 aliphatic heterocycles. The van der Waals surface area contributed by atoms with E-state index in [0.29, 0.717) is 13.1 Å². The van der Waals surface area contributed by atoms with E-state index in [9.17, 15) is 0 Å². The van der Waals surface area contributed by atoms with E-state index in [2.05, 4.69) is 32.6 Å². The zero-order valence-electron chi connectivity index (χ0n) is 7.55. The number of halogens is 1. The lowest BCUT2D eigenvalue weighted by atomic mass is 9.94. The van der Waals surface area contributed by atoms with Gasteiger partial charge < -0.3 is 10.6 Å². The van der Waals surface area contributed by atoms with Crippen molar-refractivity contribution in [1.29, 1.82) is 5.26 Å². The monoisotopic (exact) mass is 251 g/mol. The Hall–Kier alpha value is -1.05. The van der Waals surface area contributed by atoms with Gasteiger partial charge in [0.1, 0.15) is 5.54 Å². The van der Waals surface area contributed by atoms with Crippen LogP contribution in [-0.2, 0) is 0 Å². The lowest BCUT2D eigenvalue weighted by Crippen LogP contribution is -2.63. The van der Waals surface area contributed by atoms with Crippen LogP contribution in [0.2, 0.25) is 0 Å². The molecule has 3 nitrogen and oxygen atoms in total. The maximum atomic E-state index is 8.99. The van der Waals surface area contributed by atoms with Crippen LogP contribution >= 0.6 is 15.9 Å². The fourth-order valence-electron chi connectivity index (χ4n) is 1.38. The molecule has 1 aliphatic rings. The zero-order chi connectivity index (χ0) is 10.0. The molecule has 4 heteroatoms. The molecule has 1 saturated heterocycles. The molecule has 0 bridgehead atoms. The molecule has 1 heterocycles. The van der Waals surface area contributed by atoms with E-state index < -0.39 is 5.54 Å². The second-order valence-corrected chi connectivity index (χ2v) is 4.35. The number of nitrogens with zero attached hydrogens (tertiary/aromatic N) is 1. The van der Waals surface area contributed by atoms with Gasteiger partial charge in [-0.3, -0.25) is 0 Å². The Labute approximate surface area is 91.2 Å². The fourth-order valence-corrected chi connectivity index (χ4v) is 1.64. The third kappa shape index (κ3) is 1.74. The number of nitrogens with one attached hydrogen (secondary N) is 2. The van der Waals surface area contributed by atoms with Crippen LogP contribution in [0.4, 0.5) is 5.69 Å². The first kappa shape index (κ1) is 9.50. The van der Waals surface area contributed by atoms with Crippen molar-refractivity contribution in [3.8, 4) is 6.07 Å². The highest BCUT2D eigenvalue weighted by molar-refractivity contribution is 9.10. The summed E-state index contributed by atoms with van der Waals surface area (Å²) in [5.41, 5.74) is 0.574. The van der Waals surface area contributed by atoms with E-state index >= 15 is 0 Å². The Kier molecular flexibility index (Phi) is 2.44. The predicted molar refractivity (Wildman–Crippen MR) is 59.0 cm³/mol. The average molecular weight is 252 g/mol. The molecule has 0 spiro atoms. The molecule has 72 valence electrons. The van der Waals surface area contributed by atoms with Crippen LogP contribution < -0.4 is 10.6 Å². The average Bonchev–Trinajstić information content (AvgIpc) is 2.15. The van der Waals surface area contributed by atoms with Crippen LogP contribution in [0, 0.1) is 11.3 Å². The van der Waals surface area contributed by atoms with Crippen LogP contribution in [0.3, 0.4) is 0 Å². The van der Waals surface area contributed by atoms with E-state index in [1.54, 1.807) is 0 Å². The molecule has 2 N–H and O–H groups in total. The molecule has 0 amide bonds. The Bertz CT molecular complexity index is 362. The Morgan fingerprint density at radius 2 is 2.00 bits per heavy atom. The van der Waals surface area contributed by atoms with Gasteiger partial charge in [0.15, 0.2) is 0 Å². The van der Waals surface area contributed by atoms with Crippen molar-refractivity contribution >= 4 is 21.6 Å². The van der Waals surface area contributed by atoms with Gasteiger partial charge in [0.05, 0.1) is 6.07 Å². The van der Waals surface area contributed by atoms with E-state index in [4.69, 9.17) is 5.26 Å². The number of nitriles is 1. The molecule has 0 unspecified atom stereocenters. The molecular formula is C10H10BrN3. The van der Waals surface area contributed by atoms with Crippen LogP contribution in [0.5, 0.6) is 0 Å². The minimum absolute atomic E-state index is 0.409. The molecule has 1 fully saturated rings. The largest absolute Gasteiger partial charge is 0.365 e. The van der Waals surface area contributed by atoms with Crippen molar-refractivity contribution < 1.29 is 0 Å². The number of hydrogen-bond acceptors (Lipinski definition) is 3. The molecule has 2 rings (SSSR count). The van der Waals surface area contributed by atoms with Gasteiger partial charge in [-0.25, -0.2) is 0 Å². The second kappa shape index (κ2) is 3.60. The zero-order valence-corrected chi connectivity index (χ0v) is 9.13. The summed E-state index contributed by atoms with van der Waals surface area (Å²) in [7, 11) is 0. The first-order valence-corrected chi connectivity index (χ1v) is 5.19.